The smallest absolute Gasteiger partial charge is 0.370 e. The number of hydrogen-bond donors (Lipinski definition) is 3. The number of amides is 2. The van der Waals surface area contributed by atoms with Crippen LogP contribution in [0.2, 0.25) is 0 Å². The van der Waals surface area contributed by atoms with Crippen molar-refractivity contribution in [3.05, 3.63) is 0 Å². The van der Waals surface area contributed by atoms with Crippen molar-refractivity contribution in [2.24, 2.45) is 40.4 Å². The molecule has 3 saturated carbocycles. The largest absolute Gasteiger partial charge is 0.469 e. The van der Waals surface area contributed by atoms with Crippen molar-refractivity contribution in [1.29, 1.82) is 0 Å². The molecule has 5 aliphatic rings. The van der Waals surface area contributed by atoms with Gasteiger partial charge in [-0.05, 0) is 43.4 Å². The van der Waals surface area contributed by atoms with Gasteiger partial charge in [0, 0.05) is 23.7 Å². The van der Waals surface area contributed by atoms with Gasteiger partial charge in [-0.15, -0.1) is 0 Å². The first-order valence-electron chi connectivity index (χ1n) is 12.0. The normalized spacial score (nSPS) is 48.9. The summed E-state index contributed by atoms with van der Waals surface area (Å²) in [5.41, 5.74) is -1.59. The van der Waals surface area contributed by atoms with Crippen LogP contribution < -0.4 is 5.32 Å². The monoisotopic (exact) mass is 483 g/mol. The van der Waals surface area contributed by atoms with Gasteiger partial charge in [0.1, 0.15) is 5.78 Å². The Hall–Kier alpha value is -1.12. The zero-order chi connectivity index (χ0) is 24.1. The van der Waals surface area contributed by atoms with Crippen LogP contribution in [0.15, 0.2) is 0 Å². The quantitative estimate of drug-likeness (QED) is 0.402. The van der Waals surface area contributed by atoms with Crippen LogP contribution in [0.4, 0.5) is 0 Å². The number of hydrogen-bond acceptors (Lipinski definition) is 6. The van der Waals surface area contributed by atoms with Crippen LogP contribution in [-0.4, -0.2) is 45.2 Å². The fourth-order valence-corrected chi connectivity index (χ4v) is 8.86. The molecule has 184 valence electrons. The van der Waals surface area contributed by atoms with Gasteiger partial charge in [0.15, 0.2) is 0 Å². The Morgan fingerprint density at radius 2 is 1.82 bits per heavy atom. The molecule has 9 atom stereocenters. The van der Waals surface area contributed by atoms with E-state index >= 15 is 0 Å². The summed E-state index contributed by atoms with van der Waals surface area (Å²) < 4.78 is 24.1. The molecule has 0 aromatic carbocycles. The number of carbonyl (C=O) groups is 3. The van der Waals surface area contributed by atoms with Crippen LogP contribution >= 0.6 is 7.82 Å². The van der Waals surface area contributed by atoms with Crippen molar-refractivity contribution < 1.29 is 38.0 Å². The van der Waals surface area contributed by atoms with Crippen LogP contribution in [0.5, 0.6) is 0 Å². The predicted molar refractivity (Wildman–Crippen MR) is 115 cm³/mol. The molecule has 3 N–H and O–H groups in total. The summed E-state index contributed by atoms with van der Waals surface area (Å²) in [5.74, 6) is -2.27. The van der Waals surface area contributed by atoms with E-state index in [1.807, 2.05) is 13.8 Å². The van der Waals surface area contributed by atoms with Gasteiger partial charge >= 0.3 is 7.82 Å². The summed E-state index contributed by atoms with van der Waals surface area (Å²) >= 11 is 0. The fourth-order valence-electron chi connectivity index (χ4n) is 8.27. The number of imide groups is 1. The van der Waals surface area contributed by atoms with E-state index in [1.54, 1.807) is 0 Å². The lowest BCUT2D eigenvalue weighted by molar-refractivity contribution is -0.319. The predicted octanol–water partition coefficient (Wildman–Crippen LogP) is 2.34. The molecule has 1 spiro atoms. The third kappa shape index (κ3) is 3.19. The molecular weight excluding hydrogens is 449 g/mol. The third-order valence-electron chi connectivity index (χ3n) is 10.2. The van der Waals surface area contributed by atoms with Crippen LogP contribution in [-0.2, 0) is 28.2 Å². The number of fused-ring (bicyclic) bond motifs is 3. The molecule has 0 aromatic heterocycles. The summed E-state index contributed by atoms with van der Waals surface area (Å²) in [6.07, 6.45) is 1.76. The molecule has 3 aliphatic carbocycles. The molecule has 9 unspecified atom stereocenters. The maximum Gasteiger partial charge on any atom is 0.469 e. The highest BCUT2D eigenvalue weighted by molar-refractivity contribution is 7.46. The highest BCUT2D eigenvalue weighted by Gasteiger charge is 2.71. The average Bonchev–Trinajstić information content (AvgIpc) is 2.97. The number of ether oxygens (including phenoxy) is 1. The Kier molecular flexibility index (Phi) is 5.15. The SMILES string of the molecule is CC1CCC2C(C)(C)C(=O)CCC23OC2C(CC13C)C(OP(=O)(O)O)CC1C(=O)NC(=O)C12. The van der Waals surface area contributed by atoms with Gasteiger partial charge in [-0.25, -0.2) is 4.57 Å². The fraction of sp³-hybridized carbons (Fsp3) is 0.870. The van der Waals surface area contributed by atoms with Gasteiger partial charge in [0.05, 0.1) is 29.6 Å². The van der Waals surface area contributed by atoms with E-state index < -0.39 is 54.7 Å². The van der Waals surface area contributed by atoms with Crippen LogP contribution in [0, 0.1) is 40.4 Å². The van der Waals surface area contributed by atoms with Gasteiger partial charge in [0.2, 0.25) is 11.8 Å². The van der Waals surface area contributed by atoms with Crippen LogP contribution in [0.25, 0.3) is 0 Å². The first kappa shape index (κ1) is 23.6. The summed E-state index contributed by atoms with van der Waals surface area (Å²) in [5, 5.41) is 2.40. The van der Waals surface area contributed by atoms with Crippen LogP contribution in [0.1, 0.15) is 66.2 Å². The number of phosphoric ester groups is 1. The van der Waals surface area contributed by atoms with Gasteiger partial charge < -0.3 is 14.5 Å². The zero-order valence-electron chi connectivity index (χ0n) is 19.6. The molecule has 9 nitrogen and oxygen atoms in total. The van der Waals surface area contributed by atoms with E-state index in [9.17, 15) is 28.7 Å². The second kappa shape index (κ2) is 7.20. The van der Waals surface area contributed by atoms with Gasteiger partial charge in [-0.3, -0.25) is 24.2 Å². The highest BCUT2D eigenvalue weighted by Crippen LogP contribution is 2.68. The molecule has 2 saturated heterocycles. The van der Waals surface area contributed by atoms with E-state index in [-0.39, 0.29) is 35.4 Å². The molecule has 2 amide bonds. The second-order valence-electron chi connectivity index (χ2n) is 11.8. The number of carbonyl (C=O) groups excluding carboxylic acids is 3. The topological polar surface area (TPSA) is 139 Å². The number of ketones is 1. The first-order chi connectivity index (χ1) is 15.2. The molecule has 0 aromatic rings. The van der Waals surface area contributed by atoms with E-state index in [0.29, 0.717) is 19.3 Å². The lowest BCUT2D eigenvalue weighted by Gasteiger charge is -2.69. The minimum absolute atomic E-state index is 0.0323. The van der Waals surface area contributed by atoms with Crippen molar-refractivity contribution in [3.63, 3.8) is 0 Å². The second-order valence-corrected chi connectivity index (χ2v) is 13.0. The maximum atomic E-state index is 12.9. The van der Waals surface area contributed by atoms with E-state index in [2.05, 4.69) is 19.2 Å². The lowest BCUT2D eigenvalue weighted by Crippen LogP contribution is -2.72. The van der Waals surface area contributed by atoms with E-state index in [0.717, 1.165) is 12.8 Å². The Morgan fingerprint density at radius 3 is 2.48 bits per heavy atom. The van der Waals surface area contributed by atoms with Gasteiger partial charge in [-0.2, -0.15) is 0 Å². The third-order valence-corrected chi connectivity index (χ3v) is 10.7. The lowest BCUT2D eigenvalue weighted by atomic mass is 9.42. The first-order valence-corrected chi connectivity index (χ1v) is 13.5. The van der Waals surface area contributed by atoms with Crippen LogP contribution in [0.3, 0.4) is 0 Å². The average molecular weight is 483 g/mol. The number of Topliss-reactive ketones (excluding diaryl/α,β-unsaturated/α-hetero) is 1. The minimum Gasteiger partial charge on any atom is -0.370 e. The van der Waals surface area contributed by atoms with Crippen molar-refractivity contribution in [1.82, 2.24) is 5.32 Å². The molecule has 2 heterocycles. The van der Waals surface area contributed by atoms with Crippen molar-refractivity contribution in [2.45, 2.75) is 84.0 Å². The molecule has 2 aliphatic heterocycles. The Morgan fingerprint density at radius 1 is 1.12 bits per heavy atom. The number of nitrogens with one attached hydrogen (secondary N) is 1. The molecule has 5 rings (SSSR count). The number of rotatable bonds is 2. The molecule has 5 fully saturated rings. The summed E-state index contributed by atoms with van der Waals surface area (Å²) in [6.45, 7) is 8.33. The number of phosphoric acid groups is 1. The summed E-state index contributed by atoms with van der Waals surface area (Å²) in [7, 11) is -4.82. The highest BCUT2D eigenvalue weighted by atomic mass is 31.2. The van der Waals surface area contributed by atoms with Gasteiger partial charge in [-0.1, -0.05) is 27.7 Å². The van der Waals surface area contributed by atoms with Crippen molar-refractivity contribution in [3.8, 4) is 0 Å². The van der Waals surface area contributed by atoms with Crippen molar-refractivity contribution in [2.75, 3.05) is 0 Å². The molecule has 0 radical (unpaired) electrons. The summed E-state index contributed by atoms with van der Waals surface area (Å²) in [6, 6.07) is 0. The Balaban J connectivity index is 1.62. The van der Waals surface area contributed by atoms with E-state index in [1.165, 1.54) is 0 Å². The minimum atomic E-state index is -4.82. The van der Waals surface area contributed by atoms with Crippen molar-refractivity contribution >= 4 is 25.4 Å². The molecule has 0 bridgehead atoms. The Bertz CT molecular complexity index is 960. The summed E-state index contributed by atoms with van der Waals surface area (Å²) in [4.78, 5) is 57.5. The standard InChI is InChI=1S/C23H34NO8P/c1-11-5-6-15-21(2,3)16(25)7-8-23(15)22(11,4)10-13-14(32-33(28,29)30)9-12-17(18(13)31-23)20(27)24-19(12)26/h11-15,17-18H,5-10H2,1-4H3,(H,24,26,27)(H2,28,29,30). The Labute approximate surface area is 193 Å². The van der Waals surface area contributed by atoms with Gasteiger partial charge in [0.25, 0.3) is 0 Å². The zero-order valence-corrected chi connectivity index (χ0v) is 20.5. The molecular formula is C23H34NO8P. The van der Waals surface area contributed by atoms with E-state index in [4.69, 9.17) is 9.26 Å². The molecule has 33 heavy (non-hydrogen) atoms. The maximum absolute atomic E-state index is 12.9. The molecule has 10 heteroatoms.